The lowest BCUT2D eigenvalue weighted by Gasteiger charge is -2.13. The van der Waals surface area contributed by atoms with Gasteiger partial charge in [-0.1, -0.05) is 0 Å². The predicted molar refractivity (Wildman–Crippen MR) is 62.5 cm³/mol. The molecule has 0 rings (SSSR count). The van der Waals surface area contributed by atoms with Gasteiger partial charge in [-0.05, 0) is 36.7 Å². The molecule has 0 amide bonds. The van der Waals surface area contributed by atoms with Crippen molar-refractivity contribution in [2.45, 2.75) is 26.8 Å². The Kier molecular flexibility index (Phi) is 6.19. The molecule has 14 heavy (non-hydrogen) atoms. The van der Waals surface area contributed by atoms with Crippen molar-refractivity contribution in [3.8, 4) is 0 Å². The zero-order chi connectivity index (χ0) is 11.1. The molecule has 0 aromatic carbocycles. The first kappa shape index (κ1) is 13.2. The second-order valence-electron chi connectivity index (χ2n) is 3.15. The number of nitrogens with one attached hydrogen (secondary N) is 1. The van der Waals surface area contributed by atoms with Crippen molar-refractivity contribution >= 4 is 28.1 Å². The minimum absolute atomic E-state index is 0.136. The number of carbonyl (C=O) groups is 1. The standard InChI is InChI=1S/C9H16BrN3O/c1-6(2)13-9(12-4-5-14)8(10)7(3)11/h5-6H,4,11H2,1-3H3,(H,12,13)/b8-7+. The molecule has 0 radical (unpaired) electrons. The fraction of sp³-hybridized carbons (Fsp3) is 0.556. The van der Waals surface area contributed by atoms with Crippen LogP contribution in [0.3, 0.4) is 0 Å². The van der Waals surface area contributed by atoms with E-state index >= 15 is 0 Å². The quantitative estimate of drug-likeness (QED) is 0.454. The first-order valence-corrected chi connectivity index (χ1v) is 5.15. The molecule has 0 bridgehead atoms. The number of aldehydes is 1. The van der Waals surface area contributed by atoms with Gasteiger partial charge in [0, 0.05) is 11.7 Å². The zero-order valence-corrected chi connectivity index (χ0v) is 10.3. The second kappa shape index (κ2) is 6.59. The Morgan fingerprint density at radius 3 is 2.57 bits per heavy atom. The predicted octanol–water partition coefficient (Wildman–Crippen LogP) is 1.17. The van der Waals surface area contributed by atoms with Gasteiger partial charge in [0.2, 0.25) is 0 Å². The maximum atomic E-state index is 10.2. The zero-order valence-electron chi connectivity index (χ0n) is 8.67. The largest absolute Gasteiger partial charge is 0.401 e. The van der Waals surface area contributed by atoms with Crippen LogP contribution in [0, 0.1) is 0 Å². The molecule has 80 valence electrons. The molecule has 5 heteroatoms. The molecule has 0 aliphatic rings. The summed E-state index contributed by atoms with van der Waals surface area (Å²) in [7, 11) is 0. The summed E-state index contributed by atoms with van der Waals surface area (Å²) in [5.74, 6) is 0.618. The Bertz CT molecular complexity index is 255. The molecule has 4 nitrogen and oxygen atoms in total. The number of nitrogens with zero attached hydrogens (tertiary/aromatic N) is 1. The van der Waals surface area contributed by atoms with Crippen LogP contribution in [0.25, 0.3) is 0 Å². The van der Waals surface area contributed by atoms with Crippen molar-refractivity contribution in [1.82, 2.24) is 5.32 Å². The third kappa shape index (κ3) is 5.01. The van der Waals surface area contributed by atoms with Crippen LogP contribution in [-0.2, 0) is 4.79 Å². The molecule has 0 saturated heterocycles. The summed E-state index contributed by atoms with van der Waals surface area (Å²) in [4.78, 5) is 14.2. The first-order valence-electron chi connectivity index (χ1n) is 4.35. The number of hydrogen-bond donors (Lipinski definition) is 2. The van der Waals surface area contributed by atoms with Gasteiger partial charge in [0.15, 0.2) is 0 Å². The highest BCUT2D eigenvalue weighted by atomic mass is 79.9. The van der Waals surface area contributed by atoms with Gasteiger partial charge in [0.1, 0.15) is 12.1 Å². The average molecular weight is 262 g/mol. The summed E-state index contributed by atoms with van der Waals surface area (Å²) in [6.07, 6.45) is 0.744. The monoisotopic (exact) mass is 261 g/mol. The fourth-order valence-corrected chi connectivity index (χ4v) is 1.01. The molecule has 3 N–H and O–H groups in total. The van der Waals surface area contributed by atoms with E-state index in [1.807, 2.05) is 13.8 Å². The lowest BCUT2D eigenvalue weighted by Crippen LogP contribution is -2.31. The minimum atomic E-state index is 0.136. The smallest absolute Gasteiger partial charge is 0.141 e. The molecule has 0 heterocycles. The second-order valence-corrected chi connectivity index (χ2v) is 3.94. The molecule has 0 aliphatic carbocycles. The van der Waals surface area contributed by atoms with E-state index in [1.165, 1.54) is 0 Å². The average Bonchev–Trinajstić information content (AvgIpc) is 2.10. The number of hydrogen-bond acceptors (Lipinski definition) is 3. The van der Waals surface area contributed by atoms with Crippen molar-refractivity contribution in [1.29, 1.82) is 0 Å². The van der Waals surface area contributed by atoms with Crippen LogP contribution in [0.1, 0.15) is 20.8 Å². The van der Waals surface area contributed by atoms with Gasteiger partial charge in [-0.2, -0.15) is 0 Å². The molecule has 0 aromatic rings. The molecule has 0 unspecified atom stereocenters. The number of halogens is 1. The van der Waals surface area contributed by atoms with E-state index in [0.717, 1.165) is 6.29 Å². The Balaban J connectivity index is 4.72. The Morgan fingerprint density at radius 2 is 2.21 bits per heavy atom. The number of carbonyl (C=O) groups excluding carboxylic acids is 1. The van der Waals surface area contributed by atoms with Gasteiger partial charge in [-0.15, -0.1) is 0 Å². The van der Waals surface area contributed by atoms with Crippen LogP contribution in [0.4, 0.5) is 0 Å². The SMILES string of the molecule is C/C(N)=C(\Br)C(=NCC=O)NC(C)C. The van der Waals surface area contributed by atoms with Crippen molar-refractivity contribution in [3.63, 3.8) is 0 Å². The lowest BCUT2D eigenvalue weighted by molar-refractivity contribution is -0.106. The molecular formula is C9H16BrN3O. The van der Waals surface area contributed by atoms with Crippen LogP contribution in [0.15, 0.2) is 15.2 Å². The molecule has 0 saturated carbocycles. The van der Waals surface area contributed by atoms with E-state index in [2.05, 4.69) is 26.2 Å². The third-order valence-corrected chi connectivity index (χ3v) is 2.30. The van der Waals surface area contributed by atoms with E-state index in [9.17, 15) is 4.79 Å². The molecule has 0 aromatic heterocycles. The summed E-state index contributed by atoms with van der Waals surface area (Å²) in [6.45, 7) is 5.88. The van der Waals surface area contributed by atoms with E-state index < -0.39 is 0 Å². The van der Waals surface area contributed by atoms with Gasteiger partial charge in [0.25, 0.3) is 0 Å². The summed E-state index contributed by atoms with van der Waals surface area (Å²) < 4.78 is 0.702. The third-order valence-electron chi connectivity index (χ3n) is 1.30. The van der Waals surface area contributed by atoms with E-state index in [-0.39, 0.29) is 12.6 Å². The van der Waals surface area contributed by atoms with Gasteiger partial charge in [0.05, 0.1) is 11.0 Å². The van der Waals surface area contributed by atoms with Crippen LogP contribution in [-0.4, -0.2) is 24.7 Å². The van der Waals surface area contributed by atoms with Gasteiger partial charge >= 0.3 is 0 Å². The van der Waals surface area contributed by atoms with E-state index in [4.69, 9.17) is 5.73 Å². The molecule has 0 aliphatic heterocycles. The van der Waals surface area contributed by atoms with Crippen molar-refractivity contribution in [2.24, 2.45) is 10.7 Å². The maximum absolute atomic E-state index is 10.2. The van der Waals surface area contributed by atoms with E-state index in [1.54, 1.807) is 6.92 Å². The Labute approximate surface area is 92.8 Å². The van der Waals surface area contributed by atoms with Crippen molar-refractivity contribution in [3.05, 3.63) is 10.2 Å². The van der Waals surface area contributed by atoms with E-state index in [0.29, 0.717) is 16.0 Å². The summed E-state index contributed by atoms with van der Waals surface area (Å²) in [5.41, 5.74) is 6.24. The van der Waals surface area contributed by atoms with Crippen LogP contribution in [0.2, 0.25) is 0 Å². The van der Waals surface area contributed by atoms with Gasteiger partial charge in [-0.3, -0.25) is 4.99 Å². The highest BCUT2D eigenvalue weighted by Crippen LogP contribution is 2.09. The first-order chi connectivity index (χ1) is 6.49. The highest BCUT2D eigenvalue weighted by molar-refractivity contribution is 9.12. The molecular weight excluding hydrogens is 246 g/mol. The number of aliphatic imine (C=N–C) groups is 1. The van der Waals surface area contributed by atoms with Crippen molar-refractivity contribution in [2.75, 3.05) is 6.54 Å². The number of rotatable bonds is 4. The summed E-state index contributed by atoms with van der Waals surface area (Å²) in [6, 6.07) is 0.243. The number of amidine groups is 1. The number of allylic oxidation sites excluding steroid dienone is 1. The van der Waals surface area contributed by atoms with Gasteiger partial charge < -0.3 is 15.8 Å². The lowest BCUT2D eigenvalue weighted by atomic mass is 10.3. The number of nitrogens with two attached hydrogens (primary N) is 1. The Morgan fingerprint density at radius 1 is 1.64 bits per heavy atom. The maximum Gasteiger partial charge on any atom is 0.141 e. The Hall–Kier alpha value is -0.840. The van der Waals surface area contributed by atoms with Crippen LogP contribution in [0.5, 0.6) is 0 Å². The summed E-state index contributed by atoms with van der Waals surface area (Å²) in [5, 5.41) is 3.10. The van der Waals surface area contributed by atoms with Crippen LogP contribution < -0.4 is 11.1 Å². The topological polar surface area (TPSA) is 67.5 Å². The molecule has 0 atom stereocenters. The summed E-state index contributed by atoms with van der Waals surface area (Å²) >= 11 is 3.31. The fourth-order valence-electron chi connectivity index (χ4n) is 0.767. The molecule has 0 fully saturated rings. The normalized spacial score (nSPS) is 13.9. The highest BCUT2D eigenvalue weighted by Gasteiger charge is 2.06. The van der Waals surface area contributed by atoms with Gasteiger partial charge in [-0.25, -0.2) is 0 Å². The van der Waals surface area contributed by atoms with Crippen LogP contribution >= 0.6 is 15.9 Å². The minimum Gasteiger partial charge on any atom is -0.401 e. The van der Waals surface area contributed by atoms with Crippen molar-refractivity contribution < 1.29 is 4.79 Å². The molecule has 0 spiro atoms.